The summed E-state index contributed by atoms with van der Waals surface area (Å²) in [4.78, 5) is 2.85. The third kappa shape index (κ3) is 1.08. The molecule has 0 radical (unpaired) electrons. The summed E-state index contributed by atoms with van der Waals surface area (Å²) in [7, 11) is 0. The van der Waals surface area contributed by atoms with Crippen LogP contribution in [0.5, 0.6) is 0 Å². The Hall–Kier alpha value is -0.500. The number of hydrogen-bond acceptors (Lipinski definition) is 1. The molecule has 0 saturated heterocycles. The van der Waals surface area contributed by atoms with Crippen molar-refractivity contribution >= 4 is 22.6 Å². The fourth-order valence-electron chi connectivity index (χ4n) is 0.588. The Morgan fingerprint density at radius 2 is 2.44 bits per heavy atom. The molecular formula is C6H5IN2. The van der Waals surface area contributed by atoms with Crippen LogP contribution < -0.4 is 0 Å². The minimum Gasteiger partial charge on any atom is -0.352 e. The van der Waals surface area contributed by atoms with Crippen molar-refractivity contribution in [1.29, 1.82) is 5.26 Å². The normalized spacial score (nSPS) is 9.00. The van der Waals surface area contributed by atoms with Gasteiger partial charge in [-0.05, 0) is 35.1 Å². The molecule has 2 nitrogen and oxygen atoms in total. The zero-order chi connectivity index (χ0) is 6.85. The van der Waals surface area contributed by atoms with E-state index in [2.05, 4.69) is 33.6 Å². The van der Waals surface area contributed by atoms with Gasteiger partial charge in [-0.25, -0.2) is 0 Å². The highest BCUT2D eigenvalue weighted by molar-refractivity contribution is 14.1. The maximum absolute atomic E-state index is 8.45. The SMILES string of the molecule is Cc1c(I)c[nH]c1C#N. The van der Waals surface area contributed by atoms with E-state index in [1.807, 2.05) is 13.1 Å². The van der Waals surface area contributed by atoms with Gasteiger partial charge in [-0.1, -0.05) is 0 Å². The van der Waals surface area contributed by atoms with Crippen LogP contribution in [0.1, 0.15) is 11.3 Å². The van der Waals surface area contributed by atoms with Crippen LogP contribution in [-0.4, -0.2) is 4.98 Å². The molecule has 1 aromatic rings. The summed E-state index contributed by atoms with van der Waals surface area (Å²) >= 11 is 2.19. The molecule has 1 rings (SSSR count). The van der Waals surface area contributed by atoms with Crippen LogP contribution in [0.3, 0.4) is 0 Å². The zero-order valence-electron chi connectivity index (χ0n) is 4.90. The van der Waals surface area contributed by atoms with E-state index in [1.165, 1.54) is 0 Å². The van der Waals surface area contributed by atoms with Crippen molar-refractivity contribution in [1.82, 2.24) is 4.98 Å². The Balaban J connectivity index is 3.24. The van der Waals surface area contributed by atoms with Gasteiger partial charge in [0.25, 0.3) is 0 Å². The van der Waals surface area contributed by atoms with Crippen molar-refractivity contribution in [3.05, 3.63) is 21.0 Å². The molecular weight excluding hydrogens is 227 g/mol. The number of halogens is 1. The monoisotopic (exact) mass is 232 g/mol. The molecule has 1 heterocycles. The van der Waals surface area contributed by atoms with Crippen molar-refractivity contribution in [2.24, 2.45) is 0 Å². The second-order valence-corrected chi connectivity index (χ2v) is 2.91. The molecule has 0 aliphatic rings. The first-order valence-electron chi connectivity index (χ1n) is 2.49. The Morgan fingerprint density at radius 3 is 2.67 bits per heavy atom. The molecule has 3 heteroatoms. The molecule has 46 valence electrons. The fraction of sp³-hybridized carbons (Fsp3) is 0.167. The molecule has 0 unspecified atom stereocenters. The minimum absolute atomic E-state index is 0.666. The quantitative estimate of drug-likeness (QED) is 0.680. The maximum atomic E-state index is 8.45. The second kappa shape index (κ2) is 2.40. The van der Waals surface area contributed by atoms with Gasteiger partial charge in [0.2, 0.25) is 0 Å². The Labute approximate surface area is 67.0 Å². The fourth-order valence-corrected chi connectivity index (χ4v) is 1.01. The summed E-state index contributed by atoms with van der Waals surface area (Å²) in [5.74, 6) is 0. The number of aromatic nitrogens is 1. The van der Waals surface area contributed by atoms with Crippen LogP contribution in [0, 0.1) is 21.8 Å². The third-order valence-corrected chi connectivity index (χ3v) is 2.31. The van der Waals surface area contributed by atoms with Crippen molar-refractivity contribution in [3.63, 3.8) is 0 Å². The van der Waals surface area contributed by atoms with Gasteiger partial charge in [0.05, 0.1) is 0 Å². The van der Waals surface area contributed by atoms with E-state index in [4.69, 9.17) is 5.26 Å². The van der Waals surface area contributed by atoms with Crippen LogP contribution in [0.25, 0.3) is 0 Å². The summed E-state index contributed by atoms with van der Waals surface area (Å²) in [5.41, 5.74) is 1.71. The Kier molecular flexibility index (Phi) is 1.76. The first-order chi connectivity index (χ1) is 4.25. The summed E-state index contributed by atoms with van der Waals surface area (Å²) < 4.78 is 1.11. The van der Waals surface area contributed by atoms with Crippen molar-refractivity contribution in [3.8, 4) is 6.07 Å². The average molecular weight is 232 g/mol. The van der Waals surface area contributed by atoms with Gasteiger partial charge in [-0.3, -0.25) is 0 Å². The van der Waals surface area contributed by atoms with Gasteiger partial charge in [0, 0.05) is 9.77 Å². The molecule has 0 aromatic carbocycles. The Morgan fingerprint density at radius 1 is 1.78 bits per heavy atom. The molecule has 0 fully saturated rings. The van der Waals surface area contributed by atoms with Gasteiger partial charge < -0.3 is 4.98 Å². The van der Waals surface area contributed by atoms with Crippen LogP contribution in [0.15, 0.2) is 6.20 Å². The highest BCUT2D eigenvalue weighted by Crippen LogP contribution is 2.12. The van der Waals surface area contributed by atoms with E-state index in [-0.39, 0.29) is 0 Å². The zero-order valence-corrected chi connectivity index (χ0v) is 7.06. The summed E-state index contributed by atoms with van der Waals surface area (Å²) in [6, 6.07) is 2.06. The number of nitriles is 1. The van der Waals surface area contributed by atoms with E-state index in [1.54, 1.807) is 0 Å². The summed E-state index contributed by atoms with van der Waals surface area (Å²) in [5, 5.41) is 8.45. The van der Waals surface area contributed by atoms with Gasteiger partial charge in [-0.2, -0.15) is 5.26 Å². The lowest BCUT2D eigenvalue weighted by atomic mass is 10.3. The standard InChI is InChI=1S/C6H5IN2/c1-4-5(7)3-9-6(4)2-8/h3,9H,1H3. The molecule has 1 aromatic heterocycles. The van der Waals surface area contributed by atoms with Crippen LogP contribution in [-0.2, 0) is 0 Å². The van der Waals surface area contributed by atoms with Crippen molar-refractivity contribution in [2.75, 3.05) is 0 Å². The van der Waals surface area contributed by atoms with E-state index >= 15 is 0 Å². The lowest BCUT2D eigenvalue weighted by Gasteiger charge is -1.82. The first kappa shape index (κ1) is 6.62. The first-order valence-corrected chi connectivity index (χ1v) is 3.57. The van der Waals surface area contributed by atoms with Crippen LogP contribution >= 0.6 is 22.6 Å². The summed E-state index contributed by atoms with van der Waals surface area (Å²) in [6.45, 7) is 1.93. The number of nitrogens with one attached hydrogen (secondary N) is 1. The number of nitrogens with zero attached hydrogens (tertiary/aromatic N) is 1. The lowest BCUT2D eigenvalue weighted by molar-refractivity contribution is 1.30. The van der Waals surface area contributed by atoms with E-state index < -0.39 is 0 Å². The van der Waals surface area contributed by atoms with Crippen molar-refractivity contribution in [2.45, 2.75) is 6.92 Å². The average Bonchev–Trinajstić information content (AvgIpc) is 2.15. The molecule has 1 N–H and O–H groups in total. The number of rotatable bonds is 0. The van der Waals surface area contributed by atoms with E-state index in [0.29, 0.717) is 5.69 Å². The molecule has 9 heavy (non-hydrogen) atoms. The molecule has 0 bridgehead atoms. The van der Waals surface area contributed by atoms with Gasteiger partial charge in [-0.15, -0.1) is 0 Å². The largest absolute Gasteiger partial charge is 0.352 e. The van der Waals surface area contributed by atoms with Crippen molar-refractivity contribution < 1.29 is 0 Å². The van der Waals surface area contributed by atoms with Gasteiger partial charge >= 0.3 is 0 Å². The summed E-state index contributed by atoms with van der Waals surface area (Å²) in [6.07, 6.45) is 1.83. The highest BCUT2D eigenvalue weighted by Gasteiger charge is 2.00. The Bertz CT molecular complexity index is 257. The number of hydrogen-bond donors (Lipinski definition) is 1. The number of H-pyrrole nitrogens is 1. The predicted molar refractivity (Wildman–Crippen MR) is 43.0 cm³/mol. The molecule has 0 atom stereocenters. The lowest BCUT2D eigenvalue weighted by Crippen LogP contribution is -1.75. The van der Waals surface area contributed by atoms with E-state index in [0.717, 1.165) is 9.13 Å². The molecule has 0 amide bonds. The van der Waals surface area contributed by atoms with Crippen LogP contribution in [0.4, 0.5) is 0 Å². The smallest absolute Gasteiger partial charge is 0.121 e. The number of aromatic amines is 1. The topological polar surface area (TPSA) is 39.6 Å². The maximum Gasteiger partial charge on any atom is 0.121 e. The third-order valence-electron chi connectivity index (χ3n) is 1.19. The molecule has 0 aliphatic carbocycles. The van der Waals surface area contributed by atoms with Gasteiger partial charge in [0.1, 0.15) is 11.8 Å². The highest BCUT2D eigenvalue weighted by atomic mass is 127. The molecule has 0 saturated carbocycles. The van der Waals surface area contributed by atoms with Crippen LogP contribution in [0.2, 0.25) is 0 Å². The second-order valence-electron chi connectivity index (χ2n) is 1.75. The van der Waals surface area contributed by atoms with E-state index in [9.17, 15) is 0 Å². The predicted octanol–water partition coefficient (Wildman–Crippen LogP) is 1.80. The van der Waals surface area contributed by atoms with Gasteiger partial charge in [0.15, 0.2) is 0 Å². The molecule has 0 aliphatic heterocycles. The minimum atomic E-state index is 0.666. The molecule has 0 spiro atoms.